The fourth-order valence-corrected chi connectivity index (χ4v) is 5.61. The van der Waals surface area contributed by atoms with Crippen molar-refractivity contribution in [2.45, 2.75) is 40.0 Å². The summed E-state index contributed by atoms with van der Waals surface area (Å²) in [6.07, 6.45) is 5.68. The van der Waals surface area contributed by atoms with Crippen LogP contribution < -0.4 is 0 Å². The van der Waals surface area contributed by atoms with Crippen molar-refractivity contribution in [2.75, 3.05) is 0 Å². The lowest BCUT2D eigenvalue weighted by atomic mass is 9.86. The van der Waals surface area contributed by atoms with E-state index in [0.29, 0.717) is 22.9 Å². The van der Waals surface area contributed by atoms with Crippen LogP contribution in [0.25, 0.3) is 67.7 Å². The third kappa shape index (κ3) is 6.67. The molecule has 0 radical (unpaired) electrons. The summed E-state index contributed by atoms with van der Waals surface area (Å²) in [5, 5.41) is 0. The Morgan fingerprint density at radius 1 is 0.375 bits per heavy atom. The fourth-order valence-electron chi connectivity index (χ4n) is 5.61. The molecule has 0 aliphatic heterocycles. The summed E-state index contributed by atoms with van der Waals surface area (Å²) < 4.78 is 0. The first-order valence-corrected chi connectivity index (χ1v) is 16.2. The summed E-state index contributed by atoms with van der Waals surface area (Å²) in [5.74, 6) is 0.519. The summed E-state index contributed by atoms with van der Waals surface area (Å²) in [6, 6.07) is 39.8. The van der Waals surface area contributed by atoms with E-state index < -0.39 is 0 Å². The number of nitrogens with zero attached hydrogens (tertiary/aromatic N) is 5. The Kier molecular flexibility index (Phi) is 8.20. The van der Waals surface area contributed by atoms with E-state index in [1.54, 1.807) is 0 Å². The molecule has 3 aromatic carbocycles. The lowest BCUT2D eigenvalue weighted by Gasteiger charge is -2.19. The monoisotopic (exact) mass is 623 g/mol. The first kappa shape index (κ1) is 30.8. The number of hydrogen-bond acceptors (Lipinski definition) is 5. The molecule has 0 unspecified atom stereocenters. The van der Waals surface area contributed by atoms with Gasteiger partial charge in [-0.25, -0.2) is 9.97 Å². The zero-order valence-electron chi connectivity index (χ0n) is 27.9. The van der Waals surface area contributed by atoms with Crippen LogP contribution in [0.3, 0.4) is 0 Å². The highest BCUT2D eigenvalue weighted by Crippen LogP contribution is 2.30. The van der Waals surface area contributed by atoms with Gasteiger partial charge in [-0.3, -0.25) is 15.0 Å². The lowest BCUT2D eigenvalue weighted by Crippen LogP contribution is -2.10. The minimum atomic E-state index is 0.104. The van der Waals surface area contributed by atoms with Crippen LogP contribution in [0.5, 0.6) is 0 Å². The van der Waals surface area contributed by atoms with E-state index in [1.165, 1.54) is 16.7 Å². The summed E-state index contributed by atoms with van der Waals surface area (Å²) >= 11 is 0. The quantitative estimate of drug-likeness (QED) is 0.184. The molecule has 0 saturated heterocycles. The maximum atomic E-state index is 4.96. The largest absolute Gasteiger partial charge is 0.254 e. The topological polar surface area (TPSA) is 64.5 Å². The Balaban J connectivity index is 1.25. The highest BCUT2D eigenvalue weighted by molar-refractivity contribution is 5.72. The van der Waals surface area contributed by atoms with Crippen LogP contribution in [-0.2, 0) is 5.41 Å². The zero-order valence-corrected chi connectivity index (χ0v) is 27.9. The van der Waals surface area contributed by atoms with Gasteiger partial charge >= 0.3 is 0 Å². The third-order valence-corrected chi connectivity index (χ3v) is 8.62. The molecule has 4 heterocycles. The molecule has 5 heteroatoms. The zero-order chi connectivity index (χ0) is 33.3. The molecular weight excluding hydrogens is 587 g/mol. The van der Waals surface area contributed by atoms with Crippen LogP contribution in [0.2, 0.25) is 0 Å². The van der Waals surface area contributed by atoms with Gasteiger partial charge in [0, 0.05) is 35.3 Å². The van der Waals surface area contributed by atoms with Crippen molar-refractivity contribution in [3.63, 3.8) is 0 Å². The number of aryl methyl sites for hydroxylation is 2. The maximum Gasteiger partial charge on any atom is 0.179 e. The molecule has 0 amide bonds. The van der Waals surface area contributed by atoms with Crippen molar-refractivity contribution >= 4 is 0 Å². The molecule has 0 atom stereocenters. The second kappa shape index (κ2) is 12.8. The van der Waals surface area contributed by atoms with Crippen LogP contribution in [0.1, 0.15) is 37.5 Å². The number of pyridine rings is 3. The molecule has 7 aromatic rings. The predicted octanol–water partition coefficient (Wildman–Crippen LogP) is 10.6. The first-order chi connectivity index (χ1) is 23.2. The van der Waals surface area contributed by atoms with Gasteiger partial charge in [-0.1, -0.05) is 123 Å². The summed E-state index contributed by atoms with van der Waals surface area (Å²) in [5.41, 5.74) is 14.0. The summed E-state index contributed by atoms with van der Waals surface area (Å²) in [4.78, 5) is 24.4. The molecule has 0 saturated carbocycles. The Bertz CT molecular complexity index is 2050. The van der Waals surface area contributed by atoms with E-state index in [2.05, 4.69) is 126 Å². The molecule has 0 spiro atoms. The van der Waals surface area contributed by atoms with Crippen LogP contribution in [0.4, 0.5) is 0 Å². The van der Waals surface area contributed by atoms with E-state index in [1.807, 2.05) is 42.9 Å². The van der Waals surface area contributed by atoms with Gasteiger partial charge in [0.25, 0.3) is 0 Å². The highest BCUT2D eigenvalue weighted by Gasteiger charge is 2.15. The van der Waals surface area contributed by atoms with Crippen molar-refractivity contribution in [1.29, 1.82) is 0 Å². The SMILES string of the molecule is Cc1ccc(-c2ccc(-c3cc(-c4ccc(-c5ccc(C)cc5)cn4)nc(-c4ccc(-c5ccc(C(C)(C)C)cc5)cn4)n3)nc2)cc1. The molecule has 4 aromatic heterocycles. The average Bonchev–Trinajstić information content (AvgIpc) is 3.12. The first-order valence-electron chi connectivity index (χ1n) is 16.2. The number of hydrogen-bond donors (Lipinski definition) is 0. The van der Waals surface area contributed by atoms with Gasteiger partial charge < -0.3 is 0 Å². The molecule has 0 aliphatic carbocycles. The van der Waals surface area contributed by atoms with Gasteiger partial charge in [0.15, 0.2) is 5.82 Å². The molecule has 0 fully saturated rings. The Labute approximate surface area is 282 Å². The fraction of sp³-hybridized carbons (Fsp3) is 0.140. The van der Waals surface area contributed by atoms with E-state index >= 15 is 0 Å². The lowest BCUT2D eigenvalue weighted by molar-refractivity contribution is 0.590. The smallest absolute Gasteiger partial charge is 0.179 e. The highest BCUT2D eigenvalue weighted by atomic mass is 14.9. The Hall–Kier alpha value is -5.81. The number of benzene rings is 3. The summed E-state index contributed by atoms with van der Waals surface area (Å²) in [7, 11) is 0. The van der Waals surface area contributed by atoms with Crippen LogP contribution in [0.15, 0.2) is 134 Å². The van der Waals surface area contributed by atoms with Crippen molar-refractivity contribution < 1.29 is 0 Å². The van der Waals surface area contributed by atoms with E-state index in [-0.39, 0.29) is 5.41 Å². The minimum absolute atomic E-state index is 0.104. The van der Waals surface area contributed by atoms with Gasteiger partial charge in [0.05, 0.1) is 22.8 Å². The van der Waals surface area contributed by atoms with Gasteiger partial charge in [0.1, 0.15) is 5.69 Å². The maximum absolute atomic E-state index is 4.96. The van der Waals surface area contributed by atoms with Crippen LogP contribution in [-0.4, -0.2) is 24.9 Å². The standard InChI is InChI=1S/C43H37N5/c1-28-6-10-30(11-7-28)33-16-21-37(44-25-33)40-24-41(38-22-17-34(26-45-38)31-12-8-29(2)9-13-31)48-42(47-40)39-23-18-35(27-46-39)32-14-19-36(20-15-32)43(3,4)5/h6-27H,1-5H3. The van der Waals surface area contributed by atoms with E-state index in [9.17, 15) is 0 Å². The average molecular weight is 624 g/mol. The molecule has 0 aliphatic rings. The van der Waals surface area contributed by atoms with Crippen molar-refractivity contribution in [1.82, 2.24) is 24.9 Å². The second-order valence-corrected chi connectivity index (χ2v) is 13.3. The molecule has 48 heavy (non-hydrogen) atoms. The van der Waals surface area contributed by atoms with Gasteiger partial charge in [-0.05, 0) is 65.8 Å². The molecule has 7 rings (SSSR count). The second-order valence-electron chi connectivity index (χ2n) is 13.3. The van der Waals surface area contributed by atoms with Gasteiger partial charge in [-0.2, -0.15) is 0 Å². The number of aromatic nitrogens is 5. The van der Waals surface area contributed by atoms with Crippen LogP contribution in [0, 0.1) is 13.8 Å². The molecular formula is C43H37N5. The van der Waals surface area contributed by atoms with E-state index in [0.717, 1.165) is 44.8 Å². The normalized spacial score (nSPS) is 11.4. The van der Waals surface area contributed by atoms with Crippen molar-refractivity contribution in [3.8, 4) is 67.7 Å². The summed E-state index contributed by atoms with van der Waals surface area (Å²) in [6.45, 7) is 10.9. The number of rotatable bonds is 6. The van der Waals surface area contributed by atoms with E-state index in [4.69, 9.17) is 24.9 Å². The molecule has 234 valence electrons. The molecule has 0 N–H and O–H groups in total. The Morgan fingerprint density at radius 2 is 0.729 bits per heavy atom. The van der Waals surface area contributed by atoms with Gasteiger partial charge in [0.2, 0.25) is 0 Å². The molecule has 5 nitrogen and oxygen atoms in total. The predicted molar refractivity (Wildman–Crippen MR) is 196 cm³/mol. The Morgan fingerprint density at radius 3 is 1.08 bits per heavy atom. The van der Waals surface area contributed by atoms with Crippen LogP contribution >= 0.6 is 0 Å². The minimum Gasteiger partial charge on any atom is -0.254 e. The third-order valence-electron chi connectivity index (χ3n) is 8.62. The van der Waals surface area contributed by atoms with Gasteiger partial charge in [-0.15, -0.1) is 0 Å². The molecule has 0 bridgehead atoms. The van der Waals surface area contributed by atoms with Crippen molar-refractivity contribution in [2.24, 2.45) is 0 Å². The van der Waals surface area contributed by atoms with Crippen molar-refractivity contribution in [3.05, 3.63) is 151 Å².